The predicted octanol–water partition coefficient (Wildman–Crippen LogP) is 4.36. The van der Waals surface area contributed by atoms with Crippen molar-refractivity contribution in [2.24, 2.45) is 0 Å². The smallest absolute Gasteiger partial charge is 0.131 e. The van der Waals surface area contributed by atoms with Crippen molar-refractivity contribution >= 4 is 10.8 Å². The van der Waals surface area contributed by atoms with Crippen LogP contribution in [0.4, 0.5) is 4.39 Å². The second-order valence-electron chi connectivity index (χ2n) is 5.53. The Hall–Kier alpha value is -1.41. The fourth-order valence-electron chi connectivity index (χ4n) is 3.49. The quantitative estimate of drug-likeness (QED) is 0.843. The lowest BCUT2D eigenvalue weighted by Gasteiger charge is -2.38. The summed E-state index contributed by atoms with van der Waals surface area (Å²) >= 11 is 0. The van der Waals surface area contributed by atoms with Gasteiger partial charge >= 0.3 is 0 Å². The molecule has 0 aliphatic heterocycles. The number of hydrogen-bond donors (Lipinski definition) is 1. The van der Waals surface area contributed by atoms with Gasteiger partial charge in [-0.1, -0.05) is 49.6 Å². The lowest BCUT2D eigenvalue weighted by Crippen LogP contribution is -2.41. The number of benzene rings is 2. The Morgan fingerprint density at radius 3 is 2.32 bits per heavy atom. The average Bonchev–Trinajstić information content (AvgIpc) is 2.48. The summed E-state index contributed by atoms with van der Waals surface area (Å²) < 4.78 is 13.9. The molecular weight excluding hydrogens is 237 g/mol. The first-order chi connectivity index (χ1) is 9.27. The molecular formula is C17H20FN. The Morgan fingerprint density at radius 1 is 0.947 bits per heavy atom. The van der Waals surface area contributed by atoms with Crippen LogP contribution >= 0.6 is 0 Å². The molecule has 0 atom stereocenters. The largest absolute Gasteiger partial charge is 0.310 e. The summed E-state index contributed by atoms with van der Waals surface area (Å²) in [6.45, 7) is 0. The molecule has 19 heavy (non-hydrogen) atoms. The molecule has 0 amide bonds. The third-order valence-corrected chi connectivity index (χ3v) is 4.57. The third kappa shape index (κ3) is 2.04. The monoisotopic (exact) mass is 257 g/mol. The number of nitrogens with one attached hydrogen (secondary N) is 1. The SMILES string of the molecule is CNC1(c2ccc(F)c3ccccc23)CCCCC1. The van der Waals surface area contributed by atoms with E-state index in [4.69, 9.17) is 0 Å². The molecule has 0 spiro atoms. The molecule has 1 nitrogen and oxygen atoms in total. The standard InChI is InChI=1S/C17H20FN/c1-19-17(11-5-2-6-12-17)15-9-10-16(18)14-8-4-3-7-13(14)15/h3-4,7-10,19H,2,5-6,11-12H2,1H3. The van der Waals surface area contributed by atoms with Crippen LogP contribution in [0, 0.1) is 5.82 Å². The van der Waals surface area contributed by atoms with Crippen molar-refractivity contribution in [1.29, 1.82) is 0 Å². The first-order valence-electron chi connectivity index (χ1n) is 7.13. The summed E-state index contributed by atoms with van der Waals surface area (Å²) in [5.74, 6) is -0.124. The molecule has 1 aliphatic carbocycles. The summed E-state index contributed by atoms with van der Waals surface area (Å²) in [5.41, 5.74) is 1.28. The maximum atomic E-state index is 13.9. The summed E-state index contributed by atoms with van der Waals surface area (Å²) in [5, 5.41) is 5.31. The lowest BCUT2D eigenvalue weighted by molar-refractivity contribution is 0.252. The fourth-order valence-corrected chi connectivity index (χ4v) is 3.49. The zero-order valence-corrected chi connectivity index (χ0v) is 11.4. The van der Waals surface area contributed by atoms with Gasteiger partial charge in [0.25, 0.3) is 0 Å². The molecule has 1 aliphatic rings. The van der Waals surface area contributed by atoms with E-state index in [1.54, 1.807) is 6.07 Å². The van der Waals surface area contributed by atoms with Crippen LogP contribution in [0.15, 0.2) is 36.4 Å². The van der Waals surface area contributed by atoms with Crippen LogP contribution in [0.25, 0.3) is 10.8 Å². The van der Waals surface area contributed by atoms with E-state index in [0.717, 1.165) is 23.6 Å². The van der Waals surface area contributed by atoms with Gasteiger partial charge in [0.05, 0.1) is 0 Å². The topological polar surface area (TPSA) is 12.0 Å². The van der Waals surface area contributed by atoms with Crippen LogP contribution < -0.4 is 5.32 Å². The second-order valence-corrected chi connectivity index (χ2v) is 5.53. The molecule has 2 heteroatoms. The minimum absolute atomic E-state index is 0.0194. The lowest BCUT2D eigenvalue weighted by atomic mass is 9.75. The van der Waals surface area contributed by atoms with Crippen LogP contribution in [-0.2, 0) is 5.54 Å². The Bertz CT molecular complexity index is 585. The van der Waals surface area contributed by atoms with Gasteiger partial charge in [-0.25, -0.2) is 4.39 Å². The van der Waals surface area contributed by atoms with Crippen molar-refractivity contribution in [3.8, 4) is 0 Å². The van der Waals surface area contributed by atoms with Crippen molar-refractivity contribution in [2.75, 3.05) is 7.05 Å². The van der Waals surface area contributed by atoms with Crippen LogP contribution in [0.5, 0.6) is 0 Å². The van der Waals surface area contributed by atoms with Gasteiger partial charge in [-0.2, -0.15) is 0 Å². The van der Waals surface area contributed by atoms with Crippen molar-refractivity contribution < 1.29 is 4.39 Å². The molecule has 0 aromatic heterocycles. The van der Waals surface area contributed by atoms with Gasteiger partial charge in [0, 0.05) is 10.9 Å². The summed E-state index contributed by atoms with van der Waals surface area (Å²) in [4.78, 5) is 0. The zero-order valence-electron chi connectivity index (χ0n) is 11.4. The Morgan fingerprint density at radius 2 is 1.63 bits per heavy atom. The van der Waals surface area contributed by atoms with Gasteiger partial charge in [0.15, 0.2) is 0 Å². The number of fused-ring (bicyclic) bond motifs is 1. The molecule has 3 rings (SSSR count). The van der Waals surface area contributed by atoms with Gasteiger partial charge < -0.3 is 5.32 Å². The maximum Gasteiger partial charge on any atom is 0.131 e. The second kappa shape index (κ2) is 4.93. The highest BCUT2D eigenvalue weighted by Crippen LogP contribution is 2.40. The van der Waals surface area contributed by atoms with Crippen LogP contribution in [0.3, 0.4) is 0 Å². The molecule has 0 saturated heterocycles. The zero-order chi connectivity index (χ0) is 13.3. The van der Waals surface area contributed by atoms with Crippen LogP contribution in [0.1, 0.15) is 37.7 Å². The van der Waals surface area contributed by atoms with Gasteiger partial charge in [-0.3, -0.25) is 0 Å². The normalized spacial score (nSPS) is 18.6. The van der Waals surface area contributed by atoms with E-state index in [1.165, 1.54) is 24.8 Å². The molecule has 0 heterocycles. The maximum absolute atomic E-state index is 13.9. The van der Waals surface area contributed by atoms with Crippen molar-refractivity contribution in [1.82, 2.24) is 5.32 Å². The van der Waals surface area contributed by atoms with Crippen molar-refractivity contribution in [3.05, 3.63) is 47.8 Å². The van der Waals surface area contributed by atoms with Gasteiger partial charge in [0.2, 0.25) is 0 Å². The highest BCUT2D eigenvalue weighted by atomic mass is 19.1. The van der Waals surface area contributed by atoms with E-state index in [1.807, 2.05) is 37.4 Å². The summed E-state index contributed by atoms with van der Waals surface area (Å²) in [6, 6.07) is 11.4. The van der Waals surface area contributed by atoms with E-state index < -0.39 is 0 Å². The molecule has 100 valence electrons. The first-order valence-corrected chi connectivity index (χ1v) is 7.13. The number of hydrogen-bond acceptors (Lipinski definition) is 1. The van der Waals surface area contributed by atoms with E-state index in [2.05, 4.69) is 5.32 Å². The summed E-state index contributed by atoms with van der Waals surface area (Å²) in [7, 11) is 2.03. The minimum atomic E-state index is -0.124. The number of rotatable bonds is 2. The summed E-state index contributed by atoms with van der Waals surface area (Å²) in [6.07, 6.45) is 6.07. The van der Waals surface area contributed by atoms with Gasteiger partial charge in [0.1, 0.15) is 5.82 Å². The third-order valence-electron chi connectivity index (χ3n) is 4.57. The fraction of sp³-hybridized carbons (Fsp3) is 0.412. The van der Waals surface area contributed by atoms with Crippen LogP contribution in [0.2, 0.25) is 0 Å². The Balaban J connectivity index is 2.21. The highest BCUT2D eigenvalue weighted by molar-refractivity contribution is 5.87. The van der Waals surface area contributed by atoms with E-state index in [9.17, 15) is 4.39 Å². The molecule has 2 aromatic rings. The molecule has 0 unspecified atom stereocenters. The predicted molar refractivity (Wildman–Crippen MR) is 77.7 cm³/mol. The Labute approximate surface area is 113 Å². The highest BCUT2D eigenvalue weighted by Gasteiger charge is 2.33. The van der Waals surface area contributed by atoms with Gasteiger partial charge in [-0.05, 0) is 36.9 Å². The van der Waals surface area contributed by atoms with E-state index in [-0.39, 0.29) is 11.4 Å². The Kier molecular flexibility index (Phi) is 3.28. The van der Waals surface area contributed by atoms with Gasteiger partial charge in [-0.15, -0.1) is 0 Å². The van der Waals surface area contributed by atoms with Crippen molar-refractivity contribution in [3.63, 3.8) is 0 Å². The molecule has 0 radical (unpaired) electrons. The molecule has 1 saturated carbocycles. The number of halogens is 1. The minimum Gasteiger partial charge on any atom is -0.310 e. The van der Waals surface area contributed by atoms with E-state index >= 15 is 0 Å². The van der Waals surface area contributed by atoms with Crippen molar-refractivity contribution in [2.45, 2.75) is 37.6 Å². The molecule has 0 bridgehead atoms. The average molecular weight is 257 g/mol. The molecule has 1 N–H and O–H groups in total. The van der Waals surface area contributed by atoms with E-state index in [0.29, 0.717) is 0 Å². The molecule has 1 fully saturated rings. The van der Waals surface area contributed by atoms with Crippen LogP contribution in [-0.4, -0.2) is 7.05 Å². The molecule has 2 aromatic carbocycles. The first kappa shape index (κ1) is 12.6.